The van der Waals surface area contributed by atoms with E-state index in [2.05, 4.69) is 37.9 Å². The molecule has 1 unspecified atom stereocenters. The predicted molar refractivity (Wildman–Crippen MR) is 62.6 cm³/mol. The van der Waals surface area contributed by atoms with Crippen LogP contribution in [0.5, 0.6) is 0 Å². The summed E-state index contributed by atoms with van der Waals surface area (Å²) in [5.74, 6) is 0. The summed E-state index contributed by atoms with van der Waals surface area (Å²) in [6.07, 6.45) is 4.04. The first kappa shape index (κ1) is 12.0. The molecule has 84 valence electrons. The predicted octanol–water partition coefficient (Wildman–Crippen LogP) is 2.25. The zero-order valence-electron chi connectivity index (χ0n) is 10.2. The van der Waals surface area contributed by atoms with Gasteiger partial charge in [-0.3, -0.25) is 4.90 Å². The van der Waals surface area contributed by atoms with Crippen LogP contribution in [0.2, 0.25) is 0 Å². The Bertz CT molecular complexity index is 152. The van der Waals surface area contributed by atoms with Crippen molar-refractivity contribution >= 4 is 0 Å². The van der Waals surface area contributed by atoms with Gasteiger partial charge in [0.25, 0.3) is 0 Å². The standard InChI is InChI=1S/C12H26N2/c1-5-12(9-13-11-7-8-11)14(6-2)10(3)4/h10-13H,5-9H2,1-4H3. The molecule has 1 saturated carbocycles. The molecule has 1 rings (SSSR count). The van der Waals surface area contributed by atoms with Crippen molar-refractivity contribution in [2.75, 3.05) is 13.1 Å². The molecule has 0 amide bonds. The second-order valence-electron chi connectivity index (χ2n) is 4.67. The highest BCUT2D eigenvalue weighted by Gasteiger charge is 2.24. The summed E-state index contributed by atoms with van der Waals surface area (Å²) in [5.41, 5.74) is 0. The summed E-state index contributed by atoms with van der Waals surface area (Å²) in [4.78, 5) is 2.59. The Morgan fingerprint density at radius 1 is 1.29 bits per heavy atom. The van der Waals surface area contributed by atoms with Gasteiger partial charge in [0.2, 0.25) is 0 Å². The summed E-state index contributed by atoms with van der Waals surface area (Å²) in [6, 6.07) is 2.24. The molecule has 14 heavy (non-hydrogen) atoms. The van der Waals surface area contributed by atoms with Crippen LogP contribution < -0.4 is 5.32 Å². The molecule has 0 aromatic heterocycles. The van der Waals surface area contributed by atoms with Gasteiger partial charge >= 0.3 is 0 Å². The van der Waals surface area contributed by atoms with E-state index in [0.717, 1.165) is 12.1 Å². The SMILES string of the molecule is CCC(CNC1CC1)N(CC)C(C)C. The summed E-state index contributed by atoms with van der Waals surface area (Å²) < 4.78 is 0. The van der Waals surface area contributed by atoms with E-state index in [0.29, 0.717) is 6.04 Å². The molecule has 0 heterocycles. The zero-order chi connectivity index (χ0) is 10.6. The summed E-state index contributed by atoms with van der Waals surface area (Å²) >= 11 is 0. The molecule has 1 fully saturated rings. The first-order valence-electron chi connectivity index (χ1n) is 6.18. The molecule has 0 spiro atoms. The Labute approximate surface area is 89.1 Å². The van der Waals surface area contributed by atoms with Crippen LogP contribution in [0.1, 0.15) is 47.0 Å². The lowest BCUT2D eigenvalue weighted by Crippen LogP contribution is -2.45. The smallest absolute Gasteiger partial charge is 0.0220 e. The fourth-order valence-corrected chi connectivity index (χ4v) is 2.13. The van der Waals surface area contributed by atoms with Gasteiger partial charge in [0.15, 0.2) is 0 Å². The molecule has 2 heteroatoms. The van der Waals surface area contributed by atoms with Crippen molar-refractivity contribution in [2.45, 2.75) is 65.1 Å². The maximum absolute atomic E-state index is 3.64. The van der Waals surface area contributed by atoms with Crippen molar-refractivity contribution in [3.05, 3.63) is 0 Å². The third kappa shape index (κ3) is 3.58. The molecule has 0 bridgehead atoms. The minimum Gasteiger partial charge on any atom is -0.312 e. The lowest BCUT2D eigenvalue weighted by Gasteiger charge is -2.33. The van der Waals surface area contributed by atoms with E-state index in [-0.39, 0.29) is 0 Å². The van der Waals surface area contributed by atoms with Gasteiger partial charge in [0.05, 0.1) is 0 Å². The molecule has 0 saturated heterocycles. The largest absolute Gasteiger partial charge is 0.312 e. The number of hydrogen-bond acceptors (Lipinski definition) is 2. The molecule has 0 radical (unpaired) electrons. The van der Waals surface area contributed by atoms with E-state index < -0.39 is 0 Å². The normalized spacial score (nSPS) is 19.3. The van der Waals surface area contributed by atoms with Crippen LogP contribution in [-0.2, 0) is 0 Å². The summed E-state index contributed by atoms with van der Waals surface area (Å²) in [6.45, 7) is 11.5. The van der Waals surface area contributed by atoms with Gasteiger partial charge in [-0.05, 0) is 39.7 Å². The van der Waals surface area contributed by atoms with Crippen LogP contribution in [0.15, 0.2) is 0 Å². The van der Waals surface area contributed by atoms with Gasteiger partial charge in [-0.25, -0.2) is 0 Å². The molecule has 1 N–H and O–H groups in total. The Hall–Kier alpha value is -0.0800. The zero-order valence-corrected chi connectivity index (χ0v) is 10.2. The van der Waals surface area contributed by atoms with Crippen molar-refractivity contribution < 1.29 is 0 Å². The second kappa shape index (κ2) is 5.72. The Morgan fingerprint density at radius 2 is 1.93 bits per heavy atom. The third-order valence-electron chi connectivity index (χ3n) is 3.19. The number of rotatable bonds is 7. The van der Waals surface area contributed by atoms with Crippen LogP contribution in [0.25, 0.3) is 0 Å². The van der Waals surface area contributed by atoms with Crippen LogP contribution in [-0.4, -0.2) is 36.1 Å². The number of hydrogen-bond donors (Lipinski definition) is 1. The number of nitrogens with zero attached hydrogens (tertiary/aromatic N) is 1. The fraction of sp³-hybridized carbons (Fsp3) is 1.00. The average Bonchev–Trinajstić information content (AvgIpc) is 2.94. The molecule has 0 aromatic rings. The van der Waals surface area contributed by atoms with E-state index in [4.69, 9.17) is 0 Å². The van der Waals surface area contributed by atoms with Gasteiger partial charge < -0.3 is 5.32 Å². The third-order valence-corrected chi connectivity index (χ3v) is 3.19. The highest BCUT2D eigenvalue weighted by Crippen LogP contribution is 2.19. The highest BCUT2D eigenvalue weighted by atomic mass is 15.2. The number of nitrogens with one attached hydrogen (secondary N) is 1. The topological polar surface area (TPSA) is 15.3 Å². The van der Waals surface area contributed by atoms with Gasteiger partial charge in [-0.1, -0.05) is 13.8 Å². The van der Waals surface area contributed by atoms with E-state index in [9.17, 15) is 0 Å². The molecule has 1 aliphatic carbocycles. The Kier molecular flexibility index (Phi) is 4.90. The van der Waals surface area contributed by atoms with E-state index in [1.165, 1.54) is 32.4 Å². The Morgan fingerprint density at radius 3 is 2.29 bits per heavy atom. The molecule has 0 aromatic carbocycles. The van der Waals surface area contributed by atoms with Crippen LogP contribution in [0, 0.1) is 0 Å². The first-order chi connectivity index (χ1) is 6.69. The molecule has 1 atom stereocenters. The van der Waals surface area contributed by atoms with Crippen LogP contribution in [0.3, 0.4) is 0 Å². The lowest BCUT2D eigenvalue weighted by atomic mass is 10.1. The fourth-order valence-electron chi connectivity index (χ4n) is 2.13. The Balaban J connectivity index is 2.31. The van der Waals surface area contributed by atoms with E-state index >= 15 is 0 Å². The molecule has 0 aliphatic heterocycles. The van der Waals surface area contributed by atoms with Gasteiger partial charge in [-0.15, -0.1) is 0 Å². The quantitative estimate of drug-likeness (QED) is 0.675. The van der Waals surface area contributed by atoms with Gasteiger partial charge in [0.1, 0.15) is 0 Å². The van der Waals surface area contributed by atoms with Crippen molar-refractivity contribution in [1.29, 1.82) is 0 Å². The van der Waals surface area contributed by atoms with E-state index in [1.54, 1.807) is 0 Å². The number of likely N-dealkylation sites (N-methyl/N-ethyl adjacent to an activating group) is 1. The van der Waals surface area contributed by atoms with Crippen molar-refractivity contribution in [1.82, 2.24) is 10.2 Å². The van der Waals surface area contributed by atoms with Crippen molar-refractivity contribution in [3.8, 4) is 0 Å². The minimum absolute atomic E-state index is 0.672. The summed E-state index contributed by atoms with van der Waals surface area (Å²) in [5, 5.41) is 3.64. The molecular formula is C12H26N2. The minimum atomic E-state index is 0.672. The summed E-state index contributed by atoms with van der Waals surface area (Å²) in [7, 11) is 0. The molecule has 1 aliphatic rings. The first-order valence-corrected chi connectivity index (χ1v) is 6.18. The highest BCUT2D eigenvalue weighted by molar-refractivity contribution is 4.84. The maximum atomic E-state index is 3.64. The van der Waals surface area contributed by atoms with E-state index in [1.807, 2.05) is 0 Å². The second-order valence-corrected chi connectivity index (χ2v) is 4.67. The van der Waals surface area contributed by atoms with Gasteiger partial charge in [0, 0.05) is 24.7 Å². The molecule has 2 nitrogen and oxygen atoms in total. The van der Waals surface area contributed by atoms with Crippen LogP contribution >= 0.6 is 0 Å². The van der Waals surface area contributed by atoms with Crippen LogP contribution in [0.4, 0.5) is 0 Å². The van der Waals surface area contributed by atoms with Gasteiger partial charge in [-0.2, -0.15) is 0 Å². The van der Waals surface area contributed by atoms with Crippen molar-refractivity contribution in [2.24, 2.45) is 0 Å². The molecular weight excluding hydrogens is 172 g/mol. The maximum Gasteiger partial charge on any atom is 0.0220 e. The average molecular weight is 198 g/mol. The van der Waals surface area contributed by atoms with Crippen molar-refractivity contribution in [3.63, 3.8) is 0 Å². The monoisotopic (exact) mass is 198 g/mol. The lowest BCUT2D eigenvalue weighted by molar-refractivity contribution is 0.154.